The van der Waals surface area contributed by atoms with Crippen molar-refractivity contribution in [3.8, 4) is 0 Å². The molecule has 0 amide bonds. The lowest BCUT2D eigenvalue weighted by Crippen LogP contribution is -1.90. The summed E-state index contributed by atoms with van der Waals surface area (Å²) in [5.74, 6) is 0. The van der Waals surface area contributed by atoms with Crippen LogP contribution in [0.2, 0.25) is 0 Å². The molecule has 1 aromatic carbocycles. The van der Waals surface area contributed by atoms with E-state index in [1.165, 1.54) is 15.6 Å². The first kappa shape index (κ1) is 9.49. The van der Waals surface area contributed by atoms with Gasteiger partial charge in [0.1, 0.15) is 0 Å². The van der Waals surface area contributed by atoms with Gasteiger partial charge in [0, 0.05) is 17.0 Å². The number of hydrogen-bond donors (Lipinski definition) is 1. The number of nitrogens with two attached hydrogens (primary N) is 1. The molecule has 0 radical (unpaired) electrons. The maximum absolute atomic E-state index is 5.71. The minimum Gasteiger partial charge on any atom is -0.399 e. The molecule has 0 atom stereocenters. The number of ether oxygens (including phenoxy) is 1. The minimum absolute atomic E-state index is 0.695. The first-order valence-corrected chi connectivity index (χ1v) is 5.52. The summed E-state index contributed by atoms with van der Waals surface area (Å²) in [5, 5.41) is 3.40. The standard InChI is InChI=1S/C11H13NOS/c1-2-13-6-8-7-14-11-5-9(12)3-4-10(8)11/h3-5,7H,2,6,12H2,1H3. The summed E-state index contributed by atoms with van der Waals surface area (Å²) in [6.07, 6.45) is 0. The molecular weight excluding hydrogens is 194 g/mol. The Balaban J connectivity index is 2.37. The predicted molar refractivity (Wildman–Crippen MR) is 61.6 cm³/mol. The Bertz CT molecular complexity index is 436. The van der Waals surface area contributed by atoms with Crippen LogP contribution < -0.4 is 5.73 Å². The van der Waals surface area contributed by atoms with E-state index >= 15 is 0 Å². The molecule has 2 rings (SSSR count). The minimum atomic E-state index is 0.695. The topological polar surface area (TPSA) is 35.2 Å². The van der Waals surface area contributed by atoms with E-state index in [9.17, 15) is 0 Å². The van der Waals surface area contributed by atoms with Crippen molar-refractivity contribution in [2.24, 2.45) is 0 Å². The fraction of sp³-hybridized carbons (Fsp3) is 0.273. The lowest BCUT2D eigenvalue weighted by molar-refractivity contribution is 0.135. The first-order chi connectivity index (χ1) is 6.81. The first-order valence-electron chi connectivity index (χ1n) is 4.64. The van der Waals surface area contributed by atoms with E-state index in [4.69, 9.17) is 10.5 Å². The van der Waals surface area contributed by atoms with Gasteiger partial charge in [-0.25, -0.2) is 0 Å². The lowest BCUT2D eigenvalue weighted by Gasteiger charge is -1.99. The van der Waals surface area contributed by atoms with E-state index in [1.807, 2.05) is 19.1 Å². The SMILES string of the molecule is CCOCc1csc2cc(N)ccc12. The van der Waals surface area contributed by atoms with Gasteiger partial charge in [0.15, 0.2) is 0 Å². The molecule has 0 saturated heterocycles. The largest absolute Gasteiger partial charge is 0.399 e. The maximum atomic E-state index is 5.71. The fourth-order valence-electron chi connectivity index (χ4n) is 1.42. The second-order valence-electron chi connectivity index (χ2n) is 3.15. The molecule has 1 aromatic heterocycles. The third kappa shape index (κ3) is 1.74. The van der Waals surface area contributed by atoms with Gasteiger partial charge in [0.2, 0.25) is 0 Å². The van der Waals surface area contributed by atoms with E-state index in [2.05, 4.69) is 11.4 Å². The normalized spacial score (nSPS) is 10.9. The highest BCUT2D eigenvalue weighted by Crippen LogP contribution is 2.28. The molecular formula is C11H13NOS. The predicted octanol–water partition coefficient (Wildman–Crippen LogP) is 3.02. The average molecular weight is 207 g/mol. The molecule has 2 aromatic rings. The average Bonchev–Trinajstić information content (AvgIpc) is 2.57. The molecule has 0 unspecified atom stereocenters. The van der Waals surface area contributed by atoms with Crippen LogP contribution in [0.5, 0.6) is 0 Å². The molecule has 0 spiro atoms. The van der Waals surface area contributed by atoms with E-state index in [-0.39, 0.29) is 0 Å². The Morgan fingerprint density at radius 3 is 3.07 bits per heavy atom. The van der Waals surface area contributed by atoms with Gasteiger partial charge < -0.3 is 10.5 Å². The summed E-state index contributed by atoms with van der Waals surface area (Å²) in [7, 11) is 0. The molecule has 0 aliphatic heterocycles. The van der Waals surface area contributed by atoms with Gasteiger partial charge in [0.25, 0.3) is 0 Å². The summed E-state index contributed by atoms with van der Waals surface area (Å²) < 4.78 is 6.63. The Morgan fingerprint density at radius 1 is 1.43 bits per heavy atom. The van der Waals surface area contributed by atoms with Crippen LogP contribution >= 0.6 is 11.3 Å². The Hall–Kier alpha value is -1.06. The van der Waals surface area contributed by atoms with Crippen molar-refractivity contribution in [1.29, 1.82) is 0 Å². The monoisotopic (exact) mass is 207 g/mol. The van der Waals surface area contributed by atoms with Gasteiger partial charge in [-0.2, -0.15) is 0 Å². The lowest BCUT2D eigenvalue weighted by atomic mass is 10.2. The molecule has 3 heteroatoms. The number of anilines is 1. The number of rotatable bonds is 3. The summed E-state index contributed by atoms with van der Waals surface area (Å²) in [6, 6.07) is 6.01. The fourth-order valence-corrected chi connectivity index (χ4v) is 2.42. The molecule has 0 fully saturated rings. The summed E-state index contributed by atoms with van der Waals surface area (Å²) in [6.45, 7) is 3.46. The van der Waals surface area contributed by atoms with Crippen LogP contribution in [0.25, 0.3) is 10.1 Å². The zero-order chi connectivity index (χ0) is 9.97. The van der Waals surface area contributed by atoms with Gasteiger partial charge in [0.05, 0.1) is 6.61 Å². The van der Waals surface area contributed by atoms with Crippen LogP contribution in [0, 0.1) is 0 Å². The molecule has 0 aliphatic carbocycles. The zero-order valence-corrected chi connectivity index (χ0v) is 8.93. The Morgan fingerprint density at radius 2 is 2.29 bits per heavy atom. The number of nitrogen functional groups attached to an aromatic ring is 1. The van der Waals surface area contributed by atoms with Crippen molar-refractivity contribution < 1.29 is 4.74 Å². The van der Waals surface area contributed by atoms with Crippen molar-refractivity contribution in [3.63, 3.8) is 0 Å². The molecule has 2 nitrogen and oxygen atoms in total. The van der Waals surface area contributed by atoms with E-state index < -0.39 is 0 Å². The van der Waals surface area contributed by atoms with Crippen molar-refractivity contribution in [2.45, 2.75) is 13.5 Å². The molecule has 14 heavy (non-hydrogen) atoms. The second kappa shape index (κ2) is 3.98. The van der Waals surface area contributed by atoms with Gasteiger partial charge in [-0.15, -0.1) is 11.3 Å². The van der Waals surface area contributed by atoms with E-state index in [1.54, 1.807) is 11.3 Å². The van der Waals surface area contributed by atoms with Gasteiger partial charge in [-0.3, -0.25) is 0 Å². The molecule has 74 valence electrons. The number of fused-ring (bicyclic) bond motifs is 1. The highest BCUT2D eigenvalue weighted by atomic mass is 32.1. The highest BCUT2D eigenvalue weighted by molar-refractivity contribution is 7.17. The maximum Gasteiger partial charge on any atom is 0.0730 e. The number of benzene rings is 1. The van der Waals surface area contributed by atoms with E-state index in [0.717, 1.165) is 12.3 Å². The smallest absolute Gasteiger partial charge is 0.0730 e. The van der Waals surface area contributed by atoms with Crippen LogP contribution in [0.15, 0.2) is 23.6 Å². The molecule has 1 heterocycles. The van der Waals surface area contributed by atoms with Crippen LogP contribution in [-0.2, 0) is 11.3 Å². The molecule has 2 N–H and O–H groups in total. The number of thiophene rings is 1. The molecule has 0 aliphatic rings. The van der Waals surface area contributed by atoms with Crippen LogP contribution in [0.3, 0.4) is 0 Å². The third-order valence-corrected chi connectivity index (χ3v) is 3.14. The van der Waals surface area contributed by atoms with Crippen molar-refractivity contribution in [2.75, 3.05) is 12.3 Å². The van der Waals surface area contributed by atoms with Crippen molar-refractivity contribution in [1.82, 2.24) is 0 Å². The third-order valence-electron chi connectivity index (χ3n) is 2.14. The van der Waals surface area contributed by atoms with Crippen LogP contribution in [0.4, 0.5) is 5.69 Å². The molecule has 0 bridgehead atoms. The summed E-state index contributed by atoms with van der Waals surface area (Å²) in [4.78, 5) is 0. The summed E-state index contributed by atoms with van der Waals surface area (Å²) in [5.41, 5.74) is 7.79. The van der Waals surface area contributed by atoms with Gasteiger partial charge in [-0.1, -0.05) is 6.07 Å². The Labute approximate surface area is 87.3 Å². The van der Waals surface area contributed by atoms with Crippen molar-refractivity contribution >= 4 is 27.1 Å². The zero-order valence-electron chi connectivity index (χ0n) is 8.12. The van der Waals surface area contributed by atoms with Crippen LogP contribution in [-0.4, -0.2) is 6.61 Å². The van der Waals surface area contributed by atoms with Crippen molar-refractivity contribution in [3.05, 3.63) is 29.1 Å². The Kier molecular flexibility index (Phi) is 2.70. The van der Waals surface area contributed by atoms with Gasteiger partial charge in [-0.05, 0) is 35.4 Å². The number of hydrogen-bond acceptors (Lipinski definition) is 3. The van der Waals surface area contributed by atoms with Gasteiger partial charge >= 0.3 is 0 Å². The van der Waals surface area contributed by atoms with Crippen LogP contribution in [0.1, 0.15) is 12.5 Å². The van der Waals surface area contributed by atoms with E-state index in [0.29, 0.717) is 6.61 Å². The summed E-state index contributed by atoms with van der Waals surface area (Å²) >= 11 is 1.72. The highest BCUT2D eigenvalue weighted by Gasteiger charge is 2.03. The second-order valence-corrected chi connectivity index (χ2v) is 4.06. The molecule has 0 saturated carbocycles. The quantitative estimate of drug-likeness (QED) is 0.785.